The molecule has 27 heavy (non-hydrogen) atoms. The van der Waals surface area contributed by atoms with Gasteiger partial charge in [-0.25, -0.2) is 13.1 Å². The predicted octanol–water partition coefficient (Wildman–Crippen LogP) is 3.56. The van der Waals surface area contributed by atoms with Crippen molar-refractivity contribution in [1.29, 1.82) is 0 Å². The summed E-state index contributed by atoms with van der Waals surface area (Å²) in [5.41, 5.74) is 1.69. The first-order valence-electron chi connectivity index (χ1n) is 8.56. The fourth-order valence-corrected chi connectivity index (χ4v) is 5.22. The van der Waals surface area contributed by atoms with Gasteiger partial charge in [0, 0.05) is 10.6 Å². The minimum Gasteiger partial charge on any atom is -0.468 e. The van der Waals surface area contributed by atoms with E-state index in [0.29, 0.717) is 16.3 Å². The monoisotopic (exact) mass is 402 g/mol. The second kappa shape index (κ2) is 7.30. The lowest BCUT2D eigenvalue weighted by Crippen LogP contribution is -2.23. The van der Waals surface area contributed by atoms with Crippen molar-refractivity contribution in [3.63, 3.8) is 0 Å². The number of nitrogens with one attached hydrogen (secondary N) is 2. The summed E-state index contributed by atoms with van der Waals surface area (Å²) in [4.78, 5) is 14.5. The molecular formula is C19H18N2O4S2. The summed E-state index contributed by atoms with van der Waals surface area (Å²) >= 11 is 1.51. The molecule has 1 aromatic carbocycles. The average molecular weight is 402 g/mol. The molecule has 0 aliphatic heterocycles. The van der Waals surface area contributed by atoms with Gasteiger partial charge in [-0.3, -0.25) is 4.79 Å². The second-order valence-corrected chi connectivity index (χ2v) is 9.20. The Morgan fingerprint density at radius 2 is 2.04 bits per heavy atom. The molecule has 8 heteroatoms. The summed E-state index contributed by atoms with van der Waals surface area (Å²) in [6.45, 7) is 0.0622. The number of fused-ring (bicyclic) bond motifs is 1. The topological polar surface area (TPSA) is 88.4 Å². The van der Waals surface area contributed by atoms with Crippen molar-refractivity contribution >= 4 is 33.0 Å². The van der Waals surface area contributed by atoms with Gasteiger partial charge in [0.15, 0.2) is 0 Å². The quantitative estimate of drug-likeness (QED) is 0.660. The fraction of sp³-hybridized carbons (Fsp3) is 0.211. The highest BCUT2D eigenvalue weighted by atomic mass is 32.2. The zero-order valence-corrected chi connectivity index (χ0v) is 16.0. The number of hydrogen-bond donors (Lipinski definition) is 2. The van der Waals surface area contributed by atoms with Crippen LogP contribution in [0.15, 0.2) is 58.0 Å². The minimum atomic E-state index is -3.72. The molecule has 140 valence electrons. The average Bonchev–Trinajstić information content (AvgIpc) is 3.37. The number of amides is 1. The second-order valence-electron chi connectivity index (χ2n) is 6.30. The van der Waals surface area contributed by atoms with E-state index in [9.17, 15) is 13.2 Å². The van der Waals surface area contributed by atoms with Crippen LogP contribution in [0.3, 0.4) is 0 Å². The maximum absolute atomic E-state index is 12.5. The minimum absolute atomic E-state index is 0.0622. The molecule has 6 nitrogen and oxygen atoms in total. The first-order valence-corrected chi connectivity index (χ1v) is 10.9. The summed E-state index contributed by atoms with van der Waals surface area (Å²) < 4.78 is 32.5. The largest absolute Gasteiger partial charge is 0.468 e. The molecule has 1 aliphatic carbocycles. The molecule has 0 unspecified atom stereocenters. The number of rotatable bonds is 6. The van der Waals surface area contributed by atoms with Gasteiger partial charge < -0.3 is 9.73 Å². The van der Waals surface area contributed by atoms with E-state index in [4.69, 9.17) is 4.42 Å². The lowest BCUT2D eigenvalue weighted by atomic mass is 10.2. The van der Waals surface area contributed by atoms with Crippen LogP contribution < -0.4 is 10.0 Å². The summed E-state index contributed by atoms with van der Waals surface area (Å²) in [7, 11) is -3.72. The van der Waals surface area contributed by atoms with Gasteiger partial charge in [0.2, 0.25) is 10.0 Å². The Morgan fingerprint density at radius 1 is 1.15 bits per heavy atom. The molecule has 0 saturated heterocycles. The molecule has 0 saturated carbocycles. The Bertz CT molecular complexity index is 1050. The van der Waals surface area contributed by atoms with Gasteiger partial charge in [-0.05, 0) is 61.2 Å². The molecule has 0 radical (unpaired) electrons. The smallest absolute Gasteiger partial charge is 0.265 e. The molecule has 1 amide bonds. The van der Waals surface area contributed by atoms with E-state index in [-0.39, 0.29) is 17.3 Å². The van der Waals surface area contributed by atoms with Crippen molar-refractivity contribution in [2.45, 2.75) is 30.7 Å². The maximum Gasteiger partial charge on any atom is 0.265 e. The van der Waals surface area contributed by atoms with Crippen LogP contribution in [0.4, 0.5) is 5.69 Å². The van der Waals surface area contributed by atoms with Crippen LogP contribution >= 0.6 is 11.3 Å². The van der Waals surface area contributed by atoms with Crippen LogP contribution in [0.25, 0.3) is 0 Å². The van der Waals surface area contributed by atoms with Crippen molar-refractivity contribution in [1.82, 2.24) is 4.72 Å². The number of aryl methyl sites for hydroxylation is 2. The Morgan fingerprint density at radius 3 is 2.81 bits per heavy atom. The van der Waals surface area contributed by atoms with Gasteiger partial charge >= 0.3 is 0 Å². The number of hydrogen-bond acceptors (Lipinski definition) is 5. The third-order valence-electron chi connectivity index (χ3n) is 4.39. The van der Waals surface area contributed by atoms with E-state index in [1.54, 1.807) is 24.3 Å². The number of furan rings is 1. The van der Waals surface area contributed by atoms with Crippen molar-refractivity contribution in [3.8, 4) is 0 Å². The van der Waals surface area contributed by atoms with Gasteiger partial charge in [-0.15, -0.1) is 11.3 Å². The van der Waals surface area contributed by atoms with Crippen molar-refractivity contribution in [2.24, 2.45) is 0 Å². The zero-order valence-electron chi connectivity index (χ0n) is 14.4. The summed E-state index contributed by atoms with van der Waals surface area (Å²) in [6.07, 6.45) is 4.69. The number of sulfonamides is 1. The van der Waals surface area contributed by atoms with E-state index < -0.39 is 10.0 Å². The molecule has 0 bridgehead atoms. The number of carbonyl (C=O) groups excluding carboxylic acids is 1. The molecule has 3 aromatic rings. The van der Waals surface area contributed by atoms with E-state index >= 15 is 0 Å². The molecule has 2 heterocycles. The third kappa shape index (κ3) is 3.97. The predicted molar refractivity (Wildman–Crippen MR) is 103 cm³/mol. The van der Waals surface area contributed by atoms with Crippen LogP contribution in [0, 0.1) is 0 Å². The van der Waals surface area contributed by atoms with E-state index in [1.165, 1.54) is 40.2 Å². The van der Waals surface area contributed by atoms with Gasteiger partial charge in [0.1, 0.15) is 5.76 Å². The summed E-state index contributed by atoms with van der Waals surface area (Å²) in [5.74, 6) is 0.307. The Kier molecular flexibility index (Phi) is 4.86. The van der Waals surface area contributed by atoms with Gasteiger partial charge in [-0.2, -0.15) is 0 Å². The van der Waals surface area contributed by atoms with Crippen LogP contribution in [-0.4, -0.2) is 14.3 Å². The molecular weight excluding hydrogens is 384 g/mol. The number of carbonyl (C=O) groups is 1. The number of benzene rings is 1. The Balaban J connectivity index is 1.47. The summed E-state index contributed by atoms with van der Waals surface area (Å²) in [6, 6.07) is 11.5. The number of anilines is 1. The highest BCUT2D eigenvalue weighted by molar-refractivity contribution is 7.89. The lowest BCUT2D eigenvalue weighted by molar-refractivity contribution is 0.103. The first-order chi connectivity index (χ1) is 13.0. The normalized spacial score (nSPS) is 13.5. The van der Waals surface area contributed by atoms with Crippen LogP contribution in [0.5, 0.6) is 0 Å². The Hall–Kier alpha value is -2.42. The molecule has 0 spiro atoms. The highest BCUT2D eigenvalue weighted by Crippen LogP contribution is 2.31. The Labute approximate surface area is 161 Å². The summed E-state index contributed by atoms with van der Waals surface area (Å²) in [5, 5.41) is 2.79. The van der Waals surface area contributed by atoms with Gasteiger partial charge in [-0.1, -0.05) is 6.07 Å². The maximum atomic E-state index is 12.5. The molecule has 1 aliphatic rings. The SMILES string of the molecule is O=C(Nc1cccc(S(=O)(=O)NCc2ccco2)c1)c1cc2c(s1)CCC2. The van der Waals surface area contributed by atoms with E-state index in [2.05, 4.69) is 10.0 Å². The molecule has 0 atom stereocenters. The molecule has 2 aromatic heterocycles. The molecule has 0 fully saturated rings. The molecule has 2 N–H and O–H groups in total. The van der Waals surface area contributed by atoms with E-state index in [1.807, 2.05) is 6.07 Å². The van der Waals surface area contributed by atoms with Crippen molar-refractivity contribution < 1.29 is 17.6 Å². The van der Waals surface area contributed by atoms with Gasteiger partial charge in [0.05, 0.1) is 22.6 Å². The lowest BCUT2D eigenvalue weighted by Gasteiger charge is -2.08. The molecule has 4 rings (SSSR count). The van der Waals surface area contributed by atoms with Crippen LogP contribution in [-0.2, 0) is 29.4 Å². The standard InChI is InChI=1S/C19H18N2O4S2/c22-19(18-10-13-4-1-8-17(13)26-18)21-14-5-2-7-16(11-14)27(23,24)20-12-15-6-3-9-25-15/h2-3,5-7,9-11,20H,1,4,8,12H2,(H,21,22). The van der Waals surface area contributed by atoms with Gasteiger partial charge in [0.25, 0.3) is 5.91 Å². The highest BCUT2D eigenvalue weighted by Gasteiger charge is 2.19. The zero-order chi connectivity index (χ0) is 18.9. The fourth-order valence-electron chi connectivity index (χ4n) is 3.04. The van der Waals surface area contributed by atoms with Crippen LogP contribution in [0.2, 0.25) is 0 Å². The first kappa shape index (κ1) is 18.0. The van der Waals surface area contributed by atoms with Crippen LogP contribution in [0.1, 0.15) is 32.3 Å². The third-order valence-corrected chi connectivity index (χ3v) is 7.02. The number of thiophene rings is 1. The van der Waals surface area contributed by atoms with Crippen molar-refractivity contribution in [2.75, 3.05) is 5.32 Å². The van der Waals surface area contributed by atoms with Crippen molar-refractivity contribution in [3.05, 3.63) is 69.8 Å². The van der Waals surface area contributed by atoms with E-state index in [0.717, 1.165) is 19.3 Å².